The smallest absolute Gasteiger partial charge is 0.271 e. The summed E-state index contributed by atoms with van der Waals surface area (Å²) in [5.41, 5.74) is 2.28. The van der Waals surface area contributed by atoms with Crippen molar-refractivity contribution in [2.24, 2.45) is 0 Å². The van der Waals surface area contributed by atoms with Gasteiger partial charge in [0.05, 0.1) is 5.69 Å². The SMILES string of the molecule is O=C(NCCCNc1ccccc1)c1ccn(-c2cccc(Cl)c2)n1. The first kappa shape index (κ1) is 17.0. The predicted octanol–water partition coefficient (Wildman–Crippen LogP) is 3.76. The molecule has 5 nitrogen and oxygen atoms in total. The van der Waals surface area contributed by atoms with Crippen LogP contribution in [-0.2, 0) is 0 Å². The molecule has 6 heteroatoms. The molecule has 0 aliphatic carbocycles. The summed E-state index contributed by atoms with van der Waals surface area (Å²) in [6.07, 6.45) is 2.58. The number of para-hydroxylation sites is 1. The number of hydrogen-bond acceptors (Lipinski definition) is 3. The Hall–Kier alpha value is -2.79. The normalized spacial score (nSPS) is 10.4. The number of nitrogens with zero attached hydrogens (tertiary/aromatic N) is 2. The molecule has 2 N–H and O–H groups in total. The van der Waals surface area contributed by atoms with E-state index in [9.17, 15) is 4.79 Å². The number of rotatable bonds is 7. The summed E-state index contributed by atoms with van der Waals surface area (Å²) in [6.45, 7) is 1.38. The molecule has 0 saturated carbocycles. The Morgan fingerprint density at radius 2 is 1.88 bits per heavy atom. The van der Waals surface area contributed by atoms with Gasteiger partial charge in [-0.05, 0) is 42.8 Å². The minimum atomic E-state index is -0.180. The Morgan fingerprint density at radius 3 is 2.68 bits per heavy atom. The Bertz CT molecular complexity index is 832. The Balaban J connectivity index is 1.46. The largest absolute Gasteiger partial charge is 0.385 e. The lowest BCUT2D eigenvalue weighted by Crippen LogP contribution is -2.26. The van der Waals surface area contributed by atoms with Crippen LogP contribution in [0, 0.1) is 0 Å². The van der Waals surface area contributed by atoms with Crippen molar-refractivity contribution >= 4 is 23.2 Å². The number of anilines is 1. The molecule has 3 aromatic rings. The van der Waals surface area contributed by atoms with Crippen molar-refractivity contribution in [3.8, 4) is 5.69 Å². The van der Waals surface area contributed by atoms with E-state index in [0.717, 1.165) is 24.3 Å². The predicted molar refractivity (Wildman–Crippen MR) is 100 cm³/mol. The summed E-state index contributed by atoms with van der Waals surface area (Å²) in [7, 11) is 0. The van der Waals surface area contributed by atoms with Crippen molar-refractivity contribution in [2.45, 2.75) is 6.42 Å². The third-order valence-electron chi connectivity index (χ3n) is 3.64. The molecule has 2 aromatic carbocycles. The summed E-state index contributed by atoms with van der Waals surface area (Å²) < 4.78 is 1.64. The van der Waals surface area contributed by atoms with Gasteiger partial charge in [-0.3, -0.25) is 4.79 Å². The number of aromatic nitrogens is 2. The van der Waals surface area contributed by atoms with Crippen LogP contribution in [0.1, 0.15) is 16.9 Å². The van der Waals surface area contributed by atoms with E-state index < -0.39 is 0 Å². The third-order valence-corrected chi connectivity index (χ3v) is 3.87. The van der Waals surface area contributed by atoms with Gasteiger partial charge in [-0.15, -0.1) is 0 Å². The number of hydrogen-bond donors (Lipinski definition) is 2. The highest BCUT2D eigenvalue weighted by Crippen LogP contribution is 2.14. The van der Waals surface area contributed by atoms with Crippen molar-refractivity contribution in [3.63, 3.8) is 0 Å². The molecule has 1 heterocycles. The highest BCUT2D eigenvalue weighted by atomic mass is 35.5. The van der Waals surface area contributed by atoms with Crippen LogP contribution >= 0.6 is 11.6 Å². The monoisotopic (exact) mass is 354 g/mol. The summed E-state index contributed by atoms with van der Waals surface area (Å²) in [5.74, 6) is -0.180. The van der Waals surface area contributed by atoms with Crippen molar-refractivity contribution in [3.05, 3.63) is 77.6 Å². The summed E-state index contributed by atoms with van der Waals surface area (Å²) in [4.78, 5) is 12.2. The molecular weight excluding hydrogens is 336 g/mol. The van der Waals surface area contributed by atoms with Crippen molar-refractivity contribution in [1.82, 2.24) is 15.1 Å². The first-order valence-electron chi connectivity index (χ1n) is 8.11. The second-order valence-electron chi connectivity index (χ2n) is 5.53. The zero-order valence-electron chi connectivity index (χ0n) is 13.7. The van der Waals surface area contributed by atoms with Gasteiger partial charge in [-0.1, -0.05) is 35.9 Å². The van der Waals surface area contributed by atoms with E-state index in [1.165, 1.54) is 0 Å². The second-order valence-corrected chi connectivity index (χ2v) is 5.96. The van der Waals surface area contributed by atoms with E-state index in [-0.39, 0.29) is 5.91 Å². The van der Waals surface area contributed by atoms with Crippen molar-refractivity contribution < 1.29 is 4.79 Å². The summed E-state index contributed by atoms with van der Waals surface area (Å²) in [6, 6.07) is 19.0. The Kier molecular flexibility index (Phi) is 5.69. The van der Waals surface area contributed by atoms with Crippen LogP contribution in [0.2, 0.25) is 5.02 Å². The number of halogens is 1. The molecule has 3 rings (SSSR count). The first-order valence-corrected chi connectivity index (χ1v) is 8.49. The van der Waals surface area contributed by atoms with Crippen LogP contribution in [0.25, 0.3) is 5.69 Å². The minimum absolute atomic E-state index is 0.180. The van der Waals surface area contributed by atoms with Gasteiger partial charge < -0.3 is 10.6 Å². The van der Waals surface area contributed by atoms with E-state index >= 15 is 0 Å². The average Bonchev–Trinajstić information content (AvgIpc) is 3.12. The molecule has 0 aliphatic heterocycles. The zero-order chi connectivity index (χ0) is 17.5. The van der Waals surface area contributed by atoms with E-state index in [4.69, 9.17) is 11.6 Å². The van der Waals surface area contributed by atoms with Gasteiger partial charge >= 0.3 is 0 Å². The molecule has 1 amide bonds. The highest BCUT2D eigenvalue weighted by Gasteiger charge is 2.09. The summed E-state index contributed by atoms with van der Waals surface area (Å²) >= 11 is 5.98. The second kappa shape index (κ2) is 8.35. The van der Waals surface area contributed by atoms with Crippen LogP contribution in [0.4, 0.5) is 5.69 Å². The fourth-order valence-electron chi connectivity index (χ4n) is 2.38. The topological polar surface area (TPSA) is 59.0 Å². The van der Waals surface area contributed by atoms with Crippen LogP contribution in [-0.4, -0.2) is 28.8 Å². The number of amides is 1. The third kappa shape index (κ3) is 4.84. The number of carbonyl (C=O) groups is 1. The molecule has 0 spiro atoms. The van der Waals surface area contributed by atoms with Crippen molar-refractivity contribution in [2.75, 3.05) is 18.4 Å². The molecule has 1 aromatic heterocycles. The number of carbonyl (C=O) groups excluding carboxylic acids is 1. The standard InChI is InChI=1S/C19H19ClN4O/c20-15-6-4-9-17(14-15)24-13-10-18(23-24)19(25)22-12-5-11-21-16-7-2-1-3-8-16/h1-4,6-10,13-14,21H,5,11-12H2,(H,22,25). The molecule has 0 radical (unpaired) electrons. The molecule has 0 saturated heterocycles. The molecular formula is C19H19ClN4O. The van der Waals surface area contributed by atoms with Gasteiger partial charge in [0, 0.05) is 30.0 Å². The van der Waals surface area contributed by atoms with E-state index in [1.807, 2.05) is 42.5 Å². The quantitative estimate of drug-likeness (QED) is 0.635. The van der Waals surface area contributed by atoms with Gasteiger partial charge in [0.25, 0.3) is 5.91 Å². The number of nitrogens with one attached hydrogen (secondary N) is 2. The Labute approximate surface area is 151 Å². The van der Waals surface area contributed by atoms with Gasteiger partial charge in [-0.2, -0.15) is 5.10 Å². The molecule has 0 atom stereocenters. The lowest BCUT2D eigenvalue weighted by atomic mass is 10.3. The Morgan fingerprint density at radius 1 is 1.04 bits per heavy atom. The maximum atomic E-state index is 12.2. The lowest BCUT2D eigenvalue weighted by Gasteiger charge is -2.06. The van der Waals surface area contributed by atoms with E-state index in [2.05, 4.69) is 15.7 Å². The highest BCUT2D eigenvalue weighted by molar-refractivity contribution is 6.30. The molecule has 0 aliphatic rings. The zero-order valence-corrected chi connectivity index (χ0v) is 14.4. The van der Waals surface area contributed by atoms with Crippen molar-refractivity contribution in [1.29, 1.82) is 0 Å². The lowest BCUT2D eigenvalue weighted by molar-refractivity contribution is 0.0948. The molecule has 128 valence electrons. The minimum Gasteiger partial charge on any atom is -0.385 e. The van der Waals surface area contributed by atoms with E-state index in [0.29, 0.717) is 17.3 Å². The maximum absolute atomic E-state index is 12.2. The van der Waals surface area contributed by atoms with Gasteiger partial charge in [0.15, 0.2) is 5.69 Å². The van der Waals surface area contributed by atoms with Crippen LogP contribution in [0.5, 0.6) is 0 Å². The molecule has 0 fully saturated rings. The van der Waals surface area contributed by atoms with Gasteiger partial charge in [0.2, 0.25) is 0 Å². The number of benzene rings is 2. The first-order chi connectivity index (χ1) is 12.2. The average molecular weight is 355 g/mol. The molecule has 25 heavy (non-hydrogen) atoms. The van der Waals surface area contributed by atoms with Crippen LogP contribution in [0.3, 0.4) is 0 Å². The molecule has 0 unspecified atom stereocenters. The van der Waals surface area contributed by atoms with Crippen LogP contribution in [0.15, 0.2) is 66.9 Å². The maximum Gasteiger partial charge on any atom is 0.271 e. The van der Waals surface area contributed by atoms with E-state index in [1.54, 1.807) is 29.1 Å². The fraction of sp³-hybridized carbons (Fsp3) is 0.158. The fourth-order valence-corrected chi connectivity index (χ4v) is 2.56. The molecule has 0 bridgehead atoms. The van der Waals surface area contributed by atoms with Gasteiger partial charge in [-0.25, -0.2) is 4.68 Å². The van der Waals surface area contributed by atoms with Gasteiger partial charge in [0.1, 0.15) is 0 Å². The van der Waals surface area contributed by atoms with Crippen LogP contribution < -0.4 is 10.6 Å². The summed E-state index contributed by atoms with van der Waals surface area (Å²) in [5, 5.41) is 11.1.